The lowest BCUT2D eigenvalue weighted by Crippen LogP contribution is -2.59. The molecule has 0 amide bonds. The van der Waals surface area contributed by atoms with Crippen LogP contribution < -0.4 is 5.32 Å². The summed E-state index contributed by atoms with van der Waals surface area (Å²) in [4.78, 5) is 4.24. The lowest BCUT2D eigenvalue weighted by molar-refractivity contribution is -0.146. The first kappa shape index (κ1) is 12.6. The minimum atomic E-state index is -0.866. The van der Waals surface area contributed by atoms with Crippen LogP contribution in [0.15, 0.2) is 4.99 Å². The Morgan fingerprint density at radius 3 is 2.88 bits per heavy atom. The van der Waals surface area contributed by atoms with Crippen molar-refractivity contribution in [1.82, 2.24) is 5.32 Å². The summed E-state index contributed by atoms with van der Waals surface area (Å²) in [6.07, 6.45) is -2.06. The van der Waals surface area contributed by atoms with Gasteiger partial charge in [0.2, 0.25) is 0 Å². The number of aliphatic hydroxyl groups is 2. The highest BCUT2D eigenvalue weighted by Gasteiger charge is 2.48. The zero-order chi connectivity index (χ0) is 11.7. The summed E-state index contributed by atoms with van der Waals surface area (Å²) in [5, 5.41) is 24.1. The highest BCUT2D eigenvalue weighted by atomic mass is 79.9. The fourth-order valence-electron chi connectivity index (χ4n) is 1.83. The third-order valence-electron chi connectivity index (χ3n) is 2.67. The van der Waals surface area contributed by atoms with Gasteiger partial charge in [-0.3, -0.25) is 4.99 Å². The van der Waals surface area contributed by atoms with Gasteiger partial charge in [0.1, 0.15) is 17.6 Å². The van der Waals surface area contributed by atoms with Crippen LogP contribution in [-0.2, 0) is 4.74 Å². The van der Waals surface area contributed by atoms with E-state index in [1.54, 1.807) is 0 Å². The van der Waals surface area contributed by atoms with Crippen LogP contribution in [0, 0.1) is 0 Å². The lowest BCUT2D eigenvalue weighted by atomic mass is 9.99. The van der Waals surface area contributed by atoms with E-state index < -0.39 is 12.2 Å². The molecule has 0 saturated carbocycles. The Kier molecular flexibility index (Phi) is 4.12. The van der Waals surface area contributed by atoms with E-state index >= 15 is 0 Å². The fourth-order valence-corrected chi connectivity index (χ4v) is 3.56. The SMILES string of the molecule is CCN=C1NC2C(OC(CBr)C(O)C2O)S1. The summed E-state index contributed by atoms with van der Waals surface area (Å²) in [6, 6.07) is -0.277. The van der Waals surface area contributed by atoms with E-state index in [4.69, 9.17) is 4.74 Å². The molecule has 0 spiro atoms. The van der Waals surface area contributed by atoms with Crippen LogP contribution in [0.3, 0.4) is 0 Å². The average Bonchev–Trinajstić information content (AvgIpc) is 2.67. The van der Waals surface area contributed by atoms with Crippen LogP contribution in [0.5, 0.6) is 0 Å². The Labute approximate surface area is 107 Å². The van der Waals surface area contributed by atoms with Crippen molar-refractivity contribution in [3.05, 3.63) is 0 Å². The van der Waals surface area contributed by atoms with Gasteiger partial charge in [-0.25, -0.2) is 0 Å². The topological polar surface area (TPSA) is 74.1 Å². The molecule has 2 aliphatic rings. The number of amidine groups is 1. The number of aliphatic imine (C=N–C) groups is 1. The molecule has 5 atom stereocenters. The van der Waals surface area contributed by atoms with E-state index in [0.717, 1.165) is 5.17 Å². The smallest absolute Gasteiger partial charge is 0.159 e. The Morgan fingerprint density at radius 2 is 2.25 bits per heavy atom. The average molecular weight is 311 g/mol. The highest BCUT2D eigenvalue weighted by Crippen LogP contribution is 2.34. The Hall–Kier alpha value is 0.180. The molecular formula is C9H15BrN2O3S. The molecular weight excluding hydrogens is 296 g/mol. The second-order valence-electron chi connectivity index (χ2n) is 3.75. The first-order valence-electron chi connectivity index (χ1n) is 5.22. The van der Waals surface area contributed by atoms with Crippen molar-refractivity contribution in [2.75, 3.05) is 11.9 Å². The van der Waals surface area contributed by atoms with Crippen molar-refractivity contribution in [3.63, 3.8) is 0 Å². The Balaban J connectivity index is 2.10. The molecule has 0 aromatic heterocycles. The molecule has 2 aliphatic heterocycles. The van der Waals surface area contributed by atoms with Gasteiger partial charge in [0.25, 0.3) is 0 Å². The molecule has 0 aliphatic carbocycles. The molecule has 2 fully saturated rings. The van der Waals surface area contributed by atoms with E-state index in [1.807, 2.05) is 6.92 Å². The number of nitrogens with zero attached hydrogens (tertiary/aromatic N) is 1. The zero-order valence-corrected chi connectivity index (χ0v) is 11.2. The van der Waals surface area contributed by atoms with Gasteiger partial charge >= 0.3 is 0 Å². The number of rotatable bonds is 2. The van der Waals surface area contributed by atoms with E-state index in [-0.39, 0.29) is 17.6 Å². The molecule has 0 radical (unpaired) electrons. The molecule has 3 N–H and O–H groups in total. The third kappa shape index (κ3) is 2.24. The maximum atomic E-state index is 9.95. The number of hydrogen-bond acceptors (Lipinski definition) is 5. The normalized spacial score (nSPS) is 45.5. The van der Waals surface area contributed by atoms with Crippen molar-refractivity contribution < 1.29 is 14.9 Å². The van der Waals surface area contributed by atoms with E-state index in [1.165, 1.54) is 11.8 Å². The highest BCUT2D eigenvalue weighted by molar-refractivity contribution is 9.09. The number of aliphatic hydroxyl groups excluding tert-OH is 2. The van der Waals surface area contributed by atoms with Gasteiger partial charge in [-0.1, -0.05) is 27.7 Å². The van der Waals surface area contributed by atoms with Crippen LogP contribution in [0.2, 0.25) is 0 Å². The van der Waals surface area contributed by atoms with E-state index in [0.29, 0.717) is 11.9 Å². The van der Waals surface area contributed by atoms with Crippen molar-refractivity contribution in [2.24, 2.45) is 4.99 Å². The summed E-state index contributed by atoms with van der Waals surface area (Å²) in [7, 11) is 0. The molecule has 16 heavy (non-hydrogen) atoms. The van der Waals surface area contributed by atoms with Gasteiger partial charge in [0.15, 0.2) is 5.17 Å². The van der Waals surface area contributed by atoms with Crippen molar-refractivity contribution in [2.45, 2.75) is 36.7 Å². The lowest BCUT2D eigenvalue weighted by Gasteiger charge is -2.38. The largest absolute Gasteiger partial charge is 0.388 e. The van der Waals surface area contributed by atoms with Crippen molar-refractivity contribution in [3.8, 4) is 0 Å². The van der Waals surface area contributed by atoms with Crippen LogP contribution in [0.4, 0.5) is 0 Å². The monoisotopic (exact) mass is 310 g/mol. The van der Waals surface area contributed by atoms with Gasteiger partial charge in [-0.15, -0.1) is 0 Å². The quantitative estimate of drug-likeness (QED) is 0.622. The molecule has 5 nitrogen and oxygen atoms in total. The maximum Gasteiger partial charge on any atom is 0.159 e. The summed E-state index contributed by atoms with van der Waals surface area (Å²) in [5.74, 6) is 0. The zero-order valence-electron chi connectivity index (χ0n) is 8.84. The predicted octanol–water partition coefficient (Wildman–Crippen LogP) is -0.0911. The molecule has 2 saturated heterocycles. The maximum absolute atomic E-state index is 9.95. The fraction of sp³-hybridized carbons (Fsp3) is 0.889. The van der Waals surface area contributed by atoms with Crippen LogP contribution >= 0.6 is 27.7 Å². The van der Waals surface area contributed by atoms with Gasteiger partial charge in [-0.2, -0.15) is 0 Å². The third-order valence-corrected chi connectivity index (χ3v) is 4.42. The molecule has 92 valence electrons. The van der Waals surface area contributed by atoms with E-state index in [9.17, 15) is 10.2 Å². The second kappa shape index (κ2) is 5.22. The van der Waals surface area contributed by atoms with Gasteiger partial charge in [-0.05, 0) is 6.92 Å². The minimum Gasteiger partial charge on any atom is -0.388 e. The summed E-state index contributed by atoms with van der Waals surface area (Å²) in [6.45, 7) is 2.64. The molecule has 0 aromatic carbocycles. The van der Waals surface area contributed by atoms with Crippen molar-refractivity contribution in [1.29, 1.82) is 0 Å². The summed E-state index contributed by atoms with van der Waals surface area (Å²) < 4.78 is 5.68. The molecule has 0 bridgehead atoms. The minimum absolute atomic E-state index is 0.175. The standard InChI is InChI=1S/C9H15BrN2O3S/c1-2-11-9-12-5-7(14)6(13)4(3-10)15-8(5)16-9/h4-8,13-14H,2-3H2,1H3,(H,11,12). The van der Waals surface area contributed by atoms with Crippen LogP contribution in [0.1, 0.15) is 6.92 Å². The molecule has 0 aromatic rings. The molecule has 2 rings (SSSR count). The first-order valence-corrected chi connectivity index (χ1v) is 7.22. The number of ether oxygens (including phenoxy) is 1. The van der Waals surface area contributed by atoms with Gasteiger partial charge in [0, 0.05) is 11.9 Å². The van der Waals surface area contributed by atoms with Crippen LogP contribution in [-0.4, -0.2) is 57.0 Å². The number of alkyl halides is 1. The van der Waals surface area contributed by atoms with Gasteiger partial charge in [0.05, 0.1) is 12.1 Å². The molecule has 2 heterocycles. The second-order valence-corrected chi connectivity index (χ2v) is 5.48. The van der Waals surface area contributed by atoms with Crippen molar-refractivity contribution >= 4 is 32.9 Å². The number of fused-ring (bicyclic) bond motifs is 1. The predicted molar refractivity (Wildman–Crippen MR) is 67.0 cm³/mol. The Bertz CT molecular complexity index is 292. The van der Waals surface area contributed by atoms with E-state index in [2.05, 4.69) is 26.2 Å². The molecule has 5 unspecified atom stereocenters. The summed E-state index contributed by atoms with van der Waals surface area (Å²) in [5.41, 5.74) is -0.175. The first-order chi connectivity index (χ1) is 7.67. The number of hydrogen-bond donors (Lipinski definition) is 3. The Morgan fingerprint density at radius 1 is 1.50 bits per heavy atom. The molecule has 7 heteroatoms. The number of nitrogens with one attached hydrogen (secondary N) is 1. The number of thioether (sulfide) groups is 1. The summed E-state index contributed by atoms with van der Waals surface area (Å²) >= 11 is 4.73. The number of halogens is 1. The van der Waals surface area contributed by atoms with Crippen LogP contribution in [0.25, 0.3) is 0 Å². The van der Waals surface area contributed by atoms with Gasteiger partial charge < -0.3 is 20.3 Å².